The lowest BCUT2D eigenvalue weighted by Crippen LogP contribution is -2.52. The lowest BCUT2D eigenvalue weighted by Gasteiger charge is -2.40. The van der Waals surface area contributed by atoms with Crippen LogP contribution >= 0.6 is 0 Å². The van der Waals surface area contributed by atoms with Crippen molar-refractivity contribution in [3.63, 3.8) is 0 Å². The van der Waals surface area contributed by atoms with E-state index in [1.54, 1.807) is 0 Å². The Labute approximate surface area is 174 Å². The van der Waals surface area contributed by atoms with Gasteiger partial charge in [0.05, 0.1) is 19.8 Å². The van der Waals surface area contributed by atoms with E-state index in [1.165, 1.54) is 5.56 Å². The summed E-state index contributed by atoms with van der Waals surface area (Å²) in [5.74, 6) is 2.49. The lowest BCUT2D eigenvalue weighted by atomic mass is 9.84. The van der Waals surface area contributed by atoms with Crippen molar-refractivity contribution >= 4 is 5.96 Å². The highest BCUT2D eigenvalue weighted by Gasteiger charge is 2.28. The summed E-state index contributed by atoms with van der Waals surface area (Å²) in [5, 5.41) is 6.90. The quantitative estimate of drug-likeness (QED) is 0.537. The largest absolute Gasteiger partial charge is 0.454 e. The monoisotopic (exact) mass is 404 g/mol. The number of benzene rings is 1. The molecule has 0 atom stereocenters. The SMILES string of the molecule is CCNC(=NCC(C)(C)N1CCOCC1)NCC(C)(C)c1ccc2c(c1)OCO2. The van der Waals surface area contributed by atoms with Crippen LogP contribution in [0.5, 0.6) is 11.5 Å². The van der Waals surface area contributed by atoms with E-state index in [4.69, 9.17) is 19.2 Å². The Morgan fingerprint density at radius 2 is 1.79 bits per heavy atom. The maximum atomic E-state index is 5.54. The molecule has 2 aliphatic heterocycles. The van der Waals surface area contributed by atoms with E-state index in [1.807, 2.05) is 6.07 Å². The summed E-state index contributed by atoms with van der Waals surface area (Å²) >= 11 is 0. The summed E-state index contributed by atoms with van der Waals surface area (Å²) in [6.45, 7) is 17.2. The average molecular weight is 405 g/mol. The molecule has 0 bridgehead atoms. The Kier molecular flexibility index (Phi) is 6.90. The molecule has 7 nitrogen and oxygen atoms in total. The van der Waals surface area contributed by atoms with Crippen LogP contribution in [0.15, 0.2) is 23.2 Å². The van der Waals surface area contributed by atoms with Crippen molar-refractivity contribution in [1.29, 1.82) is 0 Å². The first-order valence-corrected chi connectivity index (χ1v) is 10.6. The van der Waals surface area contributed by atoms with Crippen LogP contribution < -0.4 is 20.1 Å². The first-order valence-electron chi connectivity index (χ1n) is 10.6. The van der Waals surface area contributed by atoms with E-state index in [0.717, 1.165) is 63.4 Å². The molecule has 0 unspecified atom stereocenters. The van der Waals surface area contributed by atoms with E-state index >= 15 is 0 Å². The van der Waals surface area contributed by atoms with E-state index in [2.05, 4.69) is 62.3 Å². The molecule has 0 amide bonds. The fourth-order valence-electron chi connectivity index (χ4n) is 3.61. The first-order chi connectivity index (χ1) is 13.8. The third-order valence-electron chi connectivity index (χ3n) is 5.69. The third kappa shape index (κ3) is 5.54. The topological polar surface area (TPSA) is 67.4 Å². The molecule has 162 valence electrons. The number of morpholine rings is 1. The van der Waals surface area contributed by atoms with Gasteiger partial charge in [-0.25, -0.2) is 0 Å². The Hall–Kier alpha value is -1.99. The van der Waals surface area contributed by atoms with Gasteiger partial charge in [-0.15, -0.1) is 0 Å². The molecule has 0 radical (unpaired) electrons. The minimum atomic E-state index is -0.0864. The van der Waals surface area contributed by atoms with Crippen LogP contribution in [-0.4, -0.2) is 69.1 Å². The highest BCUT2D eigenvalue weighted by Crippen LogP contribution is 2.36. The van der Waals surface area contributed by atoms with Gasteiger partial charge in [0.25, 0.3) is 0 Å². The van der Waals surface area contributed by atoms with Gasteiger partial charge in [-0.3, -0.25) is 9.89 Å². The molecule has 2 N–H and O–H groups in total. The molecule has 0 aliphatic carbocycles. The summed E-state index contributed by atoms with van der Waals surface area (Å²) in [4.78, 5) is 7.34. The number of aliphatic imine (C=N–C) groups is 1. The second kappa shape index (κ2) is 9.22. The van der Waals surface area contributed by atoms with Crippen LogP contribution in [0.4, 0.5) is 0 Å². The maximum absolute atomic E-state index is 5.54. The Morgan fingerprint density at radius 3 is 2.52 bits per heavy atom. The van der Waals surface area contributed by atoms with Crippen LogP contribution in [0, 0.1) is 0 Å². The Morgan fingerprint density at radius 1 is 1.07 bits per heavy atom. The summed E-state index contributed by atoms with van der Waals surface area (Å²) in [6, 6.07) is 6.18. The molecule has 29 heavy (non-hydrogen) atoms. The van der Waals surface area contributed by atoms with Crippen LogP contribution in [0.2, 0.25) is 0 Å². The van der Waals surface area contributed by atoms with E-state index in [9.17, 15) is 0 Å². The number of guanidine groups is 1. The maximum Gasteiger partial charge on any atom is 0.231 e. The van der Waals surface area contributed by atoms with Gasteiger partial charge < -0.3 is 24.8 Å². The van der Waals surface area contributed by atoms with Crippen LogP contribution in [0.3, 0.4) is 0 Å². The smallest absolute Gasteiger partial charge is 0.231 e. The van der Waals surface area contributed by atoms with Gasteiger partial charge in [-0.2, -0.15) is 0 Å². The number of nitrogens with one attached hydrogen (secondary N) is 2. The molecular weight excluding hydrogens is 368 g/mol. The van der Waals surface area contributed by atoms with E-state index in [-0.39, 0.29) is 11.0 Å². The van der Waals surface area contributed by atoms with Crippen molar-refractivity contribution in [3.8, 4) is 11.5 Å². The highest BCUT2D eigenvalue weighted by atomic mass is 16.7. The minimum Gasteiger partial charge on any atom is -0.454 e. The predicted molar refractivity (Wildman–Crippen MR) is 116 cm³/mol. The van der Waals surface area contributed by atoms with Gasteiger partial charge >= 0.3 is 0 Å². The number of hydrogen-bond acceptors (Lipinski definition) is 5. The summed E-state index contributed by atoms with van der Waals surface area (Å²) in [7, 11) is 0. The van der Waals surface area contributed by atoms with Gasteiger partial charge in [-0.1, -0.05) is 19.9 Å². The number of rotatable bonds is 7. The van der Waals surface area contributed by atoms with Crippen molar-refractivity contribution < 1.29 is 14.2 Å². The molecule has 1 aromatic rings. The summed E-state index contributed by atoms with van der Waals surface area (Å²) in [6.07, 6.45) is 0. The lowest BCUT2D eigenvalue weighted by molar-refractivity contribution is -0.00684. The molecule has 0 saturated carbocycles. The Bertz CT molecular complexity index is 712. The zero-order valence-electron chi connectivity index (χ0n) is 18.5. The fraction of sp³-hybridized carbons (Fsp3) is 0.682. The van der Waals surface area contributed by atoms with Crippen molar-refractivity contribution in [1.82, 2.24) is 15.5 Å². The third-order valence-corrected chi connectivity index (χ3v) is 5.69. The number of fused-ring (bicyclic) bond motifs is 1. The van der Waals surface area contributed by atoms with Gasteiger partial charge in [-0.05, 0) is 38.5 Å². The minimum absolute atomic E-state index is 0.00102. The molecule has 0 spiro atoms. The average Bonchev–Trinajstić information content (AvgIpc) is 3.19. The highest BCUT2D eigenvalue weighted by molar-refractivity contribution is 5.80. The zero-order chi connectivity index (χ0) is 20.9. The molecule has 1 aromatic carbocycles. The molecule has 3 rings (SSSR count). The van der Waals surface area contributed by atoms with Gasteiger partial charge in [0.2, 0.25) is 6.79 Å². The zero-order valence-corrected chi connectivity index (χ0v) is 18.5. The van der Waals surface area contributed by atoms with Crippen molar-refractivity contribution in [3.05, 3.63) is 23.8 Å². The number of hydrogen-bond donors (Lipinski definition) is 2. The molecule has 0 aromatic heterocycles. The molecule has 2 heterocycles. The molecule has 2 aliphatic rings. The second-order valence-corrected chi connectivity index (χ2v) is 8.91. The molecule has 7 heteroatoms. The summed E-state index contributed by atoms with van der Waals surface area (Å²) in [5.41, 5.74) is 1.12. The number of ether oxygens (including phenoxy) is 3. The van der Waals surface area contributed by atoms with Crippen LogP contribution in [0.25, 0.3) is 0 Å². The molecule has 1 fully saturated rings. The normalized spacial score (nSPS) is 18.0. The van der Waals surface area contributed by atoms with Gasteiger partial charge in [0.1, 0.15) is 0 Å². The predicted octanol–water partition coefficient (Wildman–Crippen LogP) is 2.36. The van der Waals surface area contributed by atoms with E-state index in [0.29, 0.717) is 6.79 Å². The Balaban J connectivity index is 1.62. The fourth-order valence-corrected chi connectivity index (χ4v) is 3.61. The van der Waals surface area contributed by atoms with Crippen LogP contribution in [0.1, 0.15) is 40.2 Å². The number of nitrogens with zero attached hydrogens (tertiary/aromatic N) is 2. The van der Waals surface area contributed by atoms with Gasteiger partial charge in [0, 0.05) is 37.1 Å². The van der Waals surface area contributed by atoms with Crippen molar-refractivity contribution in [2.75, 3.05) is 52.7 Å². The standard InChI is InChI=1S/C22H36N4O3/c1-6-23-20(25-15-22(4,5)26-9-11-27-12-10-26)24-14-21(2,3)17-7-8-18-19(13-17)29-16-28-18/h7-8,13H,6,9-12,14-16H2,1-5H3,(H2,23,24,25). The van der Waals surface area contributed by atoms with Crippen molar-refractivity contribution in [2.45, 2.75) is 45.6 Å². The first kappa shape index (κ1) is 21.7. The van der Waals surface area contributed by atoms with Crippen LogP contribution in [-0.2, 0) is 10.2 Å². The van der Waals surface area contributed by atoms with Gasteiger partial charge in [0.15, 0.2) is 17.5 Å². The molecule has 1 saturated heterocycles. The second-order valence-electron chi connectivity index (χ2n) is 8.91. The van der Waals surface area contributed by atoms with Crippen molar-refractivity contribution in [2.24, 2.45) is 4.99 Å². The summed E-state index contributed by atoms with van der Waals surface area (Å²) < 4.78 is 16.5. The van der Waals surface area contributed by atoms with E-state index < -0.39 is 0 Å². The molecular formula is C22H36N4O3.